The van der Waals surface area contributed by atoms with Crippen LogP contribution in [0.1, 0.15) is 0 Å². The first kappa shape index (κ1) is 9.64. The van der Waals surface area contributed by atoms with E-state index in [4.69, 9.17) is 10.8 Å². The Hall–Kier alpha value is -1.91. The highest BCUT2D eigenvalue weighted by Gasteiger charge is 2.15. The highest BCUT2D eigenvalue weighted by Crippen LogP contribution is 2.31. The molecule has 0 fully saturated rings. The van der Waals surface area contributed by atoms with Crippen LogP contribution in [0.4, 0.5) is 18.9 Å². The normalized spacial score (nSPS) is 10.9. The molecule has 5 heteroatoms. The van der Waals surface area contributed by atoms with E-state index in [9.17, 15) is 13.2 Å². The molecule has 0 aliphatic carbocycles. The van der Waals surface area contributed by atoms with Crippen LogP contribution >= 0.6 is 0 Å². The zero-order chi connectivity index (χ0) is 11.2. The highest BCUT2D eigenvalue weighted by atomic mass is 19.1. The molecule has 15 heavy (non-hydrogen) atoms. The lowest BCUT2D eigenvalue weighted by Gasteiger charge is -2.05. The molecule has 0 spiro atoms. The Morgan fingerprint density at radius 1 is 1.00 bits per heavy atom. The van der Waals surface area contributed by atoms with Crippen molar-refractivity contribution in [3.8, 4) is 5.75 Å². The number of hydrogen-bond donors (Lipinski definition) is 2. The Kier molecular flexibility index (Phi) is 1.96. The van der Waals surface area contributed by atoms with Crippen molar-refractivity contribution >= 4 is 16.5 Å². The SMILES string of the molecule is Nc1c(F)cc2c(F)c(O)ccc2c1F. The average molecular weight is 213 g/mol. The molecule has 0 radical (unpaired) electrons. The number of nitrogen functional groups attached to an aromatic ring is 1. The Labute approximate surface area is 82.7 Å². The van der Waals surface area contributed by atoms with Gasteiger partial charge in [-0.1, -0.05) is 0 Å². The van der Waals surface area contributed by atoms with E-state index in [-0.39, 0.29) is 10.8 Å². The molecule has 0 bridgehead atoms. The second kappa shape index (κ2) is 3.05. The van der Waals surface area contributed by atoms with Crippen LogP contribution in [-0.2, 0) is 0 Å². The van der Waals surface area contributed by atoms with Crippen LogP contribution in [-0.4, -0.2) is 5.11 Å². The topological polar surface area (TPSA) is 46.2 Å². The fourth-order valence-electron chi connectivity index (χ4n) is 1.37. The van der Waals surface area contributed by atoms with Crippen molar-refractivity contribution in [2.75, 3.05) is 5.73 Å². The maximum Gasteiger partial charge on any atom is 0.172 e. The number of aromatic hydroxyl groups is 1. The first-order valence-electron chi connectivity index (χ1n) is 4.07. The standard InChI is InChI=1S/C10H6F3NO/c11-6-3-5-4(9(13)10(6)14)1-2-7(15)8(5)12/h1-3,15H,14H2. The molecule has 2 aromatic rings. The lowest BCUT2D eigenvalue weighted by molar-refractivity contribution is 0.436. The van der Waals surface area contributed by atoms with Crippen molar-refractivity contribution in [3.63, 3.8) is 0 Å². The third-order valence-electron chi connectivity index (χ3n) is 2.16. The zero-order valence-electron chi connectivity index (χ0n) is 7.39. The fraction of sp³-hybridized carbons (Fsp3) is 0. The summed E-state index contributed by atoms with van der Waals surface area (Å²) in [6.07, 6.45) is 0. The third-order valence-corrected chi connectivity index (χ3v) is 2.16. The minimum absolute atomic E-state index is 0.163. The highest BCUT2D eigenvalue weighted by molar-refractivity contribution is 5.88. The van der Waals surface area contributed by atoms with Gasteiger partial charge < -0.3 is 10.8 Å². The molecule has 78 valence electrons. The van der Waals surface area contributed by atoms with Gasteiger partial charge >= 0.3 is 0 Å². The quantitative estimate of drug-likeness (QED) is 0.660. The van der Waals surface area contributed by atoms with Crippen molar-refractivity contribution in [3.05, 3.63) is 35.7 Å². The van der Waals surface area contributed by atoms with E-state index in [2.05, 4.69) is 0 Å². The summed E-state index contributed by atoms with van der Waals surface area (Å²) in [4.78, 5) is 0. The van der Waals surface area contributed by atoms with Gasteiger partial charge in [-0.3, -0.25) is 0 Å². The van der Waals surface area contributed by atoms with E-state index in [1.165, 1.54) is 0 Å². The Morgan fingerprint density at radius 2 is 1.67 bits per heavy atom. The summed E-state index contributed by atoms with van der Waals surface area (Å²) in [5.41, 5.74) is 4.44. The summed E-state index contributed by atoms with van der Waals surface area (Å²) in [5.74, 6) is -3.80. The van der Waals surface area contributed by atoms with Crippen LogP contribution in [0.15, 0.2) is 18.2 Å². The molecule has 0 atom stereocenters. The van der Waals surface area contributed by atoms with E-state index in [1.807, 2.05) is 0 Å². The lowest BCUT2D eigenvalue weighted by Crippen LogP contribution is -1.97. The van der Waals surface area contributed by atoms with E-state index in [1.54, 1.807) is 0 Å². The number of fused-ring (bicyclic) bond motifs is 1. The smallest absolute Gasteiger partial charge is 0.172 e. The van der Waals surface area contributed by atoms with Crippen molar-refractivity contribution in [2.45, 2.75) is 0 Å². The van der Waals surface area contributed by atoms with E-state index in [0.717, 1.165) is 18.2 Å². The van der Waals surface area contributed by atoms with Crippen LogP contribution in [0.3, 0.4) is 0 Å². The van der Waals surface area contributed by atoms with E-state index in [0.29, 0.717) is 0 Å². The second-order valence-corrected chi connectivity index (χ2v) is 3.08. The predicted molar refractivity (Wildman–Crippen MR) is 49.9 cm³/mol. The lowest BCUT2D eigenvalue weighted by atomic mass is 10.1. The molecule has 0 amide bonds. The van der Waals surface area contributed by atoms with Gasteiger partial charge in [-0.2, -0.15) is 0 Å². The second-order valence-electron chi connectivity index (χ2n) is 3.08. The van der Waals surface area contributed by atoms with Crippen LogP contribution < -0.4 is 5.73 Å². The molecule has 2 aromatic carbocycles. The molecule has 0 saturated heterocycles. The average Bonchev–Trinajstić information content (AvgIpc) is 2.21. The van der Waals surface area contributed by atoms with Gasteiger partial charge in [0.25, 0.3) is 0 Å². The maximum absolute atomic E-state index is 13.4. The Morgan fingerprint density at radius 3 is 2.33 bits per heavy atom. The molecule has 0 aliphatic rings. The summed E-state index contributed by atoms with van der Waals surface area (Å²) in [6, 6.07) is 2.87. The van der Waals surface area contributed by atoms with Gasteiger partial charge in [-0.05, 0) is 18.2 Å². The van der Waals surface area contributed by atoms with E-state index >= 15 is 0 Å². The molecule has 0 aliphatic heterocycles. The number of nitrogens with two attached hydrogens (primary N) is 1. The van der Waals surface area contributed by atoms with Crippen LogP contribution in [0.25, 0.3) is 10.8 Å². The van der Waals surface area contributed by atoms with Gasteiger partial charge in [-0.25, -0.2) is 13.2 Å². The van der Waals surface area contributed by atoms with Gasteiger partial charge in [0, 0.05) is 10.8 Å². The summed E-state index contributed by atoms with van der Waals surface area (Å²) < 4.78 is 39.6. The molecule has 2 rings (SSSR count). The number of hydrogen-bond acceptors (Lipinski definition) is 2. The minimum atomic E-state index is -1.06. The number of anilines is 1. The van der Waals surface area contributed by atoms with Crippen LogP contribution in [0, 0.1) is 17.5 Å². The zero-order valence-corrected chi connectivity index (χ0v) is 7.39. The van der Waals surface area contributed by atoms with Crippen LogP contribution in [0.5, 0.6) is 5.75 Å². The van der Waals surface area contributed by atoms with Gasteiger partial charge in [0.05, 0.1) is 0 Å². The Balaban J connectivity index is 2.98. The van der Waals surface area contributed by atoms with Gasteiger partial charge in [0.2, 0.25) is 0 Å². The first-order valence-corrected chi connectivity index (χ1v) is 4.07. The number of phenols is 1. The van der Waals surface area contributed by atoms with Gasteiger partial charge in [0.15, 0.2) is 17.4 Å². The summed E-state index contributed by atoms with van der Waals surface area (Å²) in [6.45, 7) is 0. The van der Waals surface area contributed by atoms with E-state index < -0.39 is 28.9 Å². The minimum Gasteiger partial charge on any atom is -0.505 e. The van der Waals surface area contributed by atoms with Crippen molar-refractivity contribution in [1.29, 1.82) is 0 Å². The van der Waals surface area contributed by atoms with Gasteiger partial charge in [-0.15, -0.1) is 0 Å². The predicted octanol–water partition coefficient (Wildman–Crippen LogP) is 2.54. The molecular weight excluding hydrogens is 207 g/mol. The summed E-state index contributed by atoms with van der Waals surface area (Å²) in [7, 11) is 0. The molecule has 2 nitrogen and oxygen atoms in total. The molecular formula is C10H6F3NO. The van der Waals surface area contributed by atoms with Crippen molar-refractivity contribution < 1.29 is 18.3 Å². The maximum atomic E-state index is 13.4. The largest absolute Gasteiger partial charge is 0.505 e. The third kappa shape index (κ3) is 1.27. The number of rotatable bonds is 0. The summed E-state index contributed by atoms with van der Waals surface area (Å²) >= 11 is 0. The fourth-order valence-corrected chi connectivity index (χ4v) is 1.37. The number of phenolic OH excluding ortho intramolecular Hbond substituents is 1. The van der Waals surface area contributed by atoms with Crippen LogP contribution in [0.2, 0.25) is 0 Å². The number of halogens is 3. The van der Waals surface area contributed by atoms with Gasteiger partial charge in [0.1, 0.15) is 11.5 Å². The molecule has 0 saturated carbocycles. The molecule has 0 heterocycles. The molecule has 0 unspecified atom stereocenters. The molecule has 0 aromatic heterocycles. The Bertz CT molecular complexity index is 554. The monoisotopic (exact) mass is 213 g/mol. The van der Waals surface area contributed by atoms with Crippen molar-refractivity contribution in [1.82, 2.24) is 0 Å². The van der Waals surface area contributed by atoms with Crippen molar-refractivity contribution in [2.24, 2.45) is 0 Å². The number of benzene rings is 2. The molecule has 3 N–H and O–H groups in total. The first-order chi connectivity index (χ1) is 7.02. The summed E-state index contributed by atoms with van der Waals surface area (Å²) in [5, 5.41) is 8.52.